The van der Waals surface area contributed by atoms with Crippen molar-refractivity contribution in [2.45, 2.75) is 43.5 Å². The highest BCUT2D eigenvalue weighted by Gasteiger charge is 2.54. The fraction of sp³-hybridized carbons (Fsp3) is 0.429. The molecule has 0 saturated heterocycles. The molecular weight excluding hydrogens is 337 g/mol. The van der Waals surface area contributed by atoms with Gasteiger partial charge in [-0.15, -0.1) is 0 Å². The van der Waals surface area contributed by atoms with Gasteiger partial charge in [0.05, 0.1) is 0 Å². The van der Waals surface area contributed by atoms with Gasteiger partial charge in [-0.3, -0.25) is 0 Å². The van der Waals surface area contributed by atoms with E-state index in [0.29, 0.717) is 15.4 Å². The lowest BCUT2D eigenvalue weighted by molar-refractivity contribution is -0.0355. The highest BCUT2D eigenvalue weighted by molar-refractivity contribution is 9.59. The van der Waals surface area contributed by atoms with Gasteiger partial charge in [-0.1, -0.05) is 32.9 Å². The maximum Gasteiger partial charge on any atom is 0.442 e. The van der Waals surface area contributed by atoms with Crippen molar-refractivity contribution < 1.29 is 13.2 Å². The number of rotatable bonds is 0. The molecule has 19 heavy (non-hydrogen) atoms. The van der Waals surface area contributed by atoms with Crippen LogP contribution >= 0.6 is 23.3 Å². The van der Waals surface area contributed by atoms with Crippen molar-refractivity contribution >= 4 is 29.4 Å². The van der Waals surface area contributed by atoms with Crippen LogP contribution in [-0.4, -0.2) is 5.51 Å². The minimum atomic E-state index is -4.27. The lowest BCUT2D eigenvalue weighted by Crippen LogP contribution is -2.16. The van der Waals surface area contributed by atoms with Gasteiger partial charge in [0.15, 0.2) is 0 Å². The van der Waals surface area contributed by atoms with Crippen molar-refractivity contribution in [1.29, 1.82) is 0 Å². The van der Waals surface area contributed by atoms with Crippen LogP contribution in [0.2, 0.25) is 0 Å². The van der Waals surface area contributed by atoms with Crippen molar-refractivity contribution in [2.75, 3.05) is 0 Å². The second-order valence-corrected chi connectivity index (χ2v) is 11.3. The van der Waals surface area contributed by atoms with E-state index in [-0.39, 0.29) is 5.41 Å². The van der Waals surface area contributed by atoms with Crippen molar-refractivity contribution in [2.24, 2.45) is 0 Å². The van der Waals surface area contributed by atoms with Crippen LogP contribution in [0.15, 0.2) is 28.0 Å². The molecule has 1 unspecified atom stereocenters. The Morgan fingerprint density at radius 3 is 2.16 bits per heavy atom. The molecule has 0 aliphatic carbocycles. The molecule has 1 aliphatic heterocycles. The summed E-state index contributed by atoms with van der Waals surface area (Å²) in [5.41, 5.74) is -2.83. The Balaban J connectivity index is 2.66. The summed E-state index contributed by atoms with van der Waals surface area (Å²) in [5, 5.41) is 0. The predicted molar refractivity (Wildman–Crippen MR) is 79.6 cm³/mol. The van der Waals surface area contributed by atoms with E-state index in [1.165, 1.54) is 0 Å². The molecule has 0 amide bonds. The molecule has 2 rings (SSSR count). The lowest BCUT2D eigenvalue weighted by Gasteiger charge is -2.34. The molecule has 1 aliphatic rings. The van der Waals surface area contributed by atoms with Crippen molar-refractivity contribution in [1.82, 2.24) is 0 Å². The second kappa shape index (κ2) is 4.29. The van der Waals surface area contributed by atoms with E-state index >= 15 is 0 Å². The Kier molecular flexibility index (Phi) is 3.38. The van der Waals surface area contributed by atoms with Gasteiger partial charge in [-0.25, -0.2) is 0 Å². The molecule has 1 heterocycles. The van der Waals surface area contributed by atoms with Gasteiger partial charge < -0.3 is 0 Å². The van der Waals surface area contributed by atoms with E-state index in [1.807, 2.05) is 26.8 Å². The highest BCUT2D eigenvalue weighted by Crippen LogP contribution is 2.81. The van der Waals surface area contributed by atoms with Crippen LogP contribution in [0.5, 0.6) is 0 Å². The molecule has 0 fully saturated rings. The molecule has 0 aromatic heterocycles. The van der Waals surface area contributed by atoms with E-state index in [9.17, 15) is 13.2 Å². The molecule has 1 aromatic carbocycles. The first-order valence-electron chi connectivity index (χ1n) is 5.90. The summed E-state index contributed by atoms with van der Waals surface area (Å²) in [4.78, 5) is 0.742. The number of alkyl halides is 3. The third-order valence-electron chi connectivity index (χ3n) is 3.30. The average molecular weight is 353 g/mol. The van der Waals surface area contributed by atoms with Crippen LogP contribution < -0.4 is 0 Å². The Labute approximate surface area is 120 Å². The molecule has 0 spiro atoms. The largest absolute Gasteiger partial charge is 0.442 e. The van der Waals surface area contributed by atoms with Crippen LogP contribution in [-0.2, 0) is 5.41 Å². The molecule has 0 nitrogen and oxygen atoms in total. The second-order valence-electron chi connectivity index (χ2n) is 5.74. The van der Waals surface area contributed by atoms with Crippen LogP contribution in [0.3, 0.4) is 0 Å². The summed E-state index contributed by atoms with van der Waals surface area (Å²) in [7, 11) is -3.07. The number of allylic oxidation sites excluding steroid dienone is 1. The number of hydrogen-bond donors (Lipinski definition) is 0. The molecule has 1 aromatic rings. The van der Waals surface area contributed by atoms with E-state index < -0.39 is 14.0 Å². The molecule has 0 N–H and O–H groups in total. The first-order valence-corrected chi connectivity index (χ1v) is 9.37. The number of benzene rings is 1. The fourth-order valence-corrected chi connectivity index (χ4v) is 5.26. The first kappa shape index (κ1) is 15.0. The highest BCUT2D eigenvalue weighted by atomic mass is 79.9. The van der Waals surface area contributed by atoms with Gasteiger partial charge in [-0.05, 0) is 63.8 Å². The summed E-state index contributed by atoms with van der Waals surface area (Å²) < 4.78 is 40.4. The zero-order chi connectivity index (χ0) is 14.6. The maximum atomic E-state index is 13.5. The number of hydrogen-bond acceptors (Lipinski definition) is 0. The van der Waals surface area contributed by atoms with Crippen LogP contribution in [0.4, 0.5) is 13.2 Å². The minimum Gasteiger partial charge on any atom is -0.160 e. The molecule has 1 atom stereocenters. The van der Waals surface area contributed by atoms with Gasteiger partial charge in [0.25, 0.3) is 0 Å². The van der Waals surface area contributed by atoms with Crippen molar-refractivity contribution in [3.63, 3.8) is 0 Å². The quantitative estimate of drug-likeness (QED) is 0.510. The molecule has 0 radical (unpaired) electrons. The zero-order valence-electron chi connectivity index (χ0n) is 11.2. The van der Waals surface area contributed by atoms with Gasteiger partial charge in [0, 0.05) is 4.90 Å². The zero-order valence-corrected chi connectivity index (χ0v) is 13.6. The van der Waals surface area contributed by atoms with E-state index in [1.54, 1.807) is 25.1 Å². The predicted octanol–water partition coefficient (Wildman–Crippen LogP) is 6.35. The van der Waals surface area contributed by atoms with E-state index in [0.717, 1.165) is 5.56 Å². The summed E-state index contributed by atoms with van der Waals surface area (Å²) in [6.07, 6.45) is 1.64. The lowest BCUT2D eigenvalue weighted by atomic mass is 9.86. The van der Waals surface area contributed by atoms with Crippen LogP contribution in [0.25, 0.3) is 6.08 Å². The number of fused-ring (bicyclic) bond motifs is 1. The molecule has 0 bridgehead atoms. The Hall–Kier alpha value is -0.420. The topological polar surface area (TPSA) is 0 Å². The van der Waals surface area contributed by atoms with Gasteiger partial charge in [0.1, 0.15) is 0 Å². The third kappa shape index (κ3) is 2.25. The Morgan fingerprint density at radius 2 is 1.68 bits per heavy atom. The minimum absolute atomic E-state index is 0.162. The average Bonchev–Trinajstić information content (AvgIpc) is 2.50. The molecular formula is C14H16BrF3S. The van der Waals surface area contributed by atoms with Gasteiger partial charge >= 0.3 is 5.51 Å². The number of halogens is 4. The van der Waals surface area contributed by atoms with Crippen LogP contribution in [0, 0.1) is 0 Å². The Bertz CT molecular complexity index is 555. The fourth-order valence-electron chi connectivity index (χ4n) is 2.14. The standard InChI is InChI=1S/C14H16BrF3S/c1-9-7-10-5-6-11(13(2,3)4)8-12(10)19(9,15)14(16,17)18/h5-8H,1-4H3. The van der Waals surface area contributed by atoms with Crippen LogP contribution in [0.1, 0.15) is 38.8 Å². The molecule has 0 saturated carbocycles. The maximum absolute atomic E-state index is 13.5. The smallest absolute Gasteiger partial charge is 0.160 e. The van der Waals surface area contributed by atoms with Gasteiger partial charge in [-0.2, -0.15) is 13.2 Å². The summed E-state index contributed by atoms with van der Waals surface area (Å²) in [6.45, 7) is 7.56. The normalized spacial score (nSPS) is 26.6. The first-order chi connectivity index (χ1) is 8.48. The summed E-state index contributed by atoms with van der Waals surface area (Å²) in [6, 6.07) is 5.41. The Morgan fingerprint density at radius 1 is 1.11 bits per heavy atom. The van der Waals surface area contributed by atoms with Crippen molar-refractivity contribution in [3.05, 3.63) is 34.2 Å². The summed E-state index contributed by atoms with van der Waals surface area (Å²) >= 11 is 3.02. The van der Waals surface area contributed by atoms with E-state index in [4.69, 9.17) is 0 Å². The summed E-state index contributed by atoms with van der Waals surface area (Å²) in [5.74, 6) is 0. The van der Waals surface area contributed by atoms with Gasteiger partial charge in [0.2, 0.25) is 0 Å². The molecule has 106 valence electrons. The monoisotopic (exact) mass is 352 g/mol. The van der Waals surface area contributed by atoms with E-state index in [2.05, 4.69) is 14.8 Å². The van der Waals surface area contributed by atoms with Crippen molar-refractivity contribution in [3.8, 4) is 0 Å². The third-order valence-corrected chi connectivity index (χ3v) is 9.59. The molecule has 5 heteroatoms. The SMILES string of the molecule is CC1=Cc2ccc(C(C)(C)C)cc2S1(Br)C(F)(F)F.